The number of nitrogens with one attached hydrogen (secondary N) is 1. The molecule has 0 fully saturated rings. The van der Waals surface area contributed by atoms with E-state index in [4.69, 9.17) is 0 Å². The van der Waals surface area contributed by atoms with Gasteiger partial charge in [0.1, 0.15) is 0 Å². The lowest BCUT2D eigenvalue weighted by Gasteiger charge is -2.07. The summed E-state index contributed by atoms with van der Waals surface area (Å²) >= 11 is 2.45. The molecule has 10 heavy (non-hydrogen) atoms. The van der Waals surface area contributed by atoms with Crippen LogP contribution in [0.25, 0.3) is 0 Å². The Kier molecular flexibility index (Phi) is 8.33. The SMILES string of the molecule is CCCNCCC(C)CI. The first-order chi connectivity index (χ1) is 4.81. The summed E-state index contributed by atoms with van der Waals surface area (Å²) in [7, 11) is 0. The summed E-state index contributed by atoms with van der Waals surface area (Å²) in [6.07, 6.45) is 2.57. The van der Waals surface area contributed by atoms with E-state index in [1.54, 1.807) is 0 Å². The number of halogens is 1. The standard InChI is InChI=1S/C8H18IN/c1-3-5-10-6-4-8(2)7-9/h8,10H,3-7H2,1-2H3. The third-order valence-corrected chi connectivity index (χ3v) is 3.01. The molecule has 0 bridgehead atoms. The van der Waals surface area contributed by atoms with Crippen molar-refractivity contribution in [2.45, 2.75) is 26.7 Å². The molecule has 0 heterocycles. The summed E-state index contributed by atoms with van der Waals surface area (Å²) in [5.41, 5.74) is 0. The van der Waals surface area contributed by atoms with Gasteiger partial charge >= 0.3 is 0 Å². The van der Waals surface area contributed by atoms with Gasteiger partial charge in [0, 0.05) is 4.43 Å². The van der Waals surface area contributed by atoms with E-state index in [-0.39, 0.29) is 0 Å². The van der Waals surface area contributed by atoms with E-state index in [0.717, 1.165) is 5.92 Å². The van der Waals surface area contributed by atoms with Gasteiger partial charge in [-0.2, -0.15) is 0 Å². The molecule has 0 saturated heterocycles. The van der Waals surface area contributed by atoms with Crippen LogP contribution < -0.4 is 5.32 Å². The third kappa shape index (κ3) is 6.81. The highest BCUT2D eigenvalue weighted by Gasteiger charge is 1.96. The predicted octanol–water partition coefficient (Wildman–Crippen LogP) is 2.45. The first-order valence-corrected chi connectivity index (χ1v) is 5.60. The predicted molar refractivity (Wildman–Crippen MR) is 55.8 cm³/mol. The van der Waals surface area contributed by atoms with Gasteiger partial charge in [0.2, 0.25) is 0 Å². The van der Waals surface area contributed by atoms with Crippen LogP contribution >= 0.6 is 22.6 Å². The molecule has 0 spiro atoms. The third-order valence-electron chi connectivity index (χ3n) is 1.50. The second kappa shape index (κ2) is 7.79. The normalized spacial score (nSPS) is 13.5. The van der Waals surface area contributed by atoms with Crippen molar-refractivity contribution in [2.24, 2.45) is 5.92 Å². The summed E-state index contributed by atoms with van der Waals surface area (Å²) in [4.78, 5) is 0. The molecule has 2 heteroatoms. The van der Waals surface area contributed by atoms with Crippen LogP contribution in [-0.2, 0) is 0 Å². The Morgan fingerprint density at radius 1 is 1.40 bits per heavy atom. The average Bonchev–Trinajstić information content (AvgIpc) is 1.98. The Labute approximate surface area is 78.1 Å². The number of alkyl halides is 1. The van der Waals surface area contributed by atoms with Gasteiger partial charge in [-0.1, -0.05) is 36.4 Å². The maximum Gasteiger partial charge on any atom is 0.00215 e. The molecule has 0 aromatic rings. The molecule has 1 unspecified atom stereocenters. The van der Waals surface area contributed by atoms with Crippen LogP contribution in [0, 0.1) is 5.92 Å². The Hall–Kier alpha value is 0.690. The largest absolute Gasteiger partial charge is 0.317 e. The molecule has 0 radical (unpaired) electrons. The maximum absolute atomic E-state index is 3.40. The van der Waals surface area contributed by atoms with Crippen molar-refractivity contribution in [1.29, 1.82) is 0 Å². The van der Waals surface area contributed by atoms with E-state index < -0.39 is 0 Å². The fourth-order valence-electron chi connectivity index (χ4n) is 0.727. The molecule has 1 nitrogen and oxygen atoms in total. The minimum atomic E-state index is 0.880. The summed E-state index contributed by atoms with van der Waals surface area (Å²) in [5, 5.41) is 3.40. The van der Waals surface area contributed by atoms with Gasteiger partial charge < -0.3 is 5.32 Å². The molecule has 0 aliphatic rings. The van der Waals surface area contributed by atoms with Crippen molar-refractivity contribution in [2.75, 3.05) is 17.5 Å². The first kappa shape index (κ1) is 10.7. The molecule has 0 rings (SSSR count). The number of hydrogen-bond acceptors (Lipinski definition) is 1. The second-order valence-electron chi connectivity index (χ2n) is 2.80. The van der Waals surface area contributed by atoms with E-state index in [0.29, 0.717) is 0 Å². The molecule has 1 atom stereocenters. The Morgan fingerprint density at radius 3 is 2.60 bits per heavy atom. The summed E-state index contributed by atoms with van der Waals surface area (Å²) in [6, 6.07) is 0. The van der Waals surface area contributed by atoms with Crippen LogP contribution in [0.1, 0.15) is 26.7 Å². The average molecular weight is 255 g/mol. The van der Waals surface area contributed by atoms with E-state index in [2.05, 4.69) is 41.8 Å². The van der Waals surface area contributed by atoms with Crippen molar-refractivity contribution in [3.63, 3.8) is 0 Å². The first-order valence-electron chi connectivity index (χ1n) is 4.08. The monoisotopic (exact) mass is 255 g/mol. The molecular formula is C8H18IN. The summed E-state index contributed by atoms with van der Waals surface area (Å²) in [6.45, 7) is 6.88. The quantitative estimate of drug-likeness (QED) is 0.436. The van der Waals surface area contributed by atoms with Gasteiger partial charge in [-0.05, 0) is 31.8 Å². The zero-order valence-corrected chi connectivity index (χ0v) is 9.15. The van der Waals surface area contributed by atoms with Crippen molar-refractivity contribution in [3.05, 3.63) is 0 Å². The highest BCUT2D eigenvalue weighted by molar-refractivity contribution is 14.1. The van der Waals surface area contributed by atoms with Crippen LogP contribution in [0.5, 0.6) is 0 Å². The van der Waals surface area contributed by atoms with Crippen molar-refractivity contribution < 1.29 is 0 Å². The molecule has 0 aliphatic carbocycles. The van der Waals surface area contributed by atoms with Gasteiger partial charge in [0.25, 0.3) is 0 Å². The Bertz CT molecular complexity index is 66.3. The fraction of sp³-hybridized carbons (Fsp3) is 1.00. The van der Waals surface area contributed by atoms with Crippen molar-refractivity contribution >= 4 is 22.6 Å². The Balaban J connectivity index is 2.89. The van der Waals surface area contributed by atoms with Crippen LogP contribution in [0.3, 0.4) is 0 Å². The second-order valence-corrected chi connectivity index (χ2v) is 3.68. The zero-order valence-electron chi connectivity index (χ0n) is 6.99. The maximum atomic E-state index is 3.40. The molecule has 0 aliphatic heterocycles. The number of hydrogen-bond donors (Lipinski definition) is 1. The zero-order chi connectivity index (χ0) is 7.82. The lowest BCUT2D eigenvalue weighted by molar-refractivity contribution is 0.547. The molecular weight excluding hydrogens is 237 g/mol. The van der Waals surface area contributed by atoms with Gasteiger partial charge in [0.05, 0.1) is 0 Å². The molecule has 0 saturated carbocycles. The minimum absolute atomic E-state index is 0.880. The van der Waals surface area contributed by atoms with E-state index in [1.165, 1.54) is 30.4 Å². The molecule has 0 amide bonds. The van der Waals surface area contributed by atoms with E-state index in [1.807, 2.05) is 0 Å². The smallest absolute Gasteiger partial charge is 0.00215 e. The minimum Gasteiger partial charge on any atom is -0.317 e. The highest BCUT2D eigenvalue weighted by Crippen LogP contribution is 2.03. The molecule has 1 N–H and O–H groups in total. The highest BCUT2D eigenvalue weighted by atomic mass is 127. The van der Waals surface area contributed by atoms with Crippen LogP contribution in [0.4, 0.5) is 0 Å². The van der Waals surface area contributed by atoms with E-state index >= 15 is 0 Å². The van der Waals surface area contributed by atoms with Gasteiger partial charge in [-0.25, -0.2) is 0 Å². The molecule has 0 aromatic carbocycles. The molecule has 62 valence electrons. The topological polar surface area (TPSA) is 12.0 Å². The Morgan fingerprint density at radius 2 is 2.10 bits per heavy atom. The van der Waals surface area contributed by atoms with Crippen LogP contribution in [-0.4, -0.2) is 17.5 Å². The van der Waals surface area contributed by atoms with Crippen molar-refractivity contribution in [1.82, 2.24) is 5.32 Å². The van der Waals surface area contributed by atoms with E-state index in [9.17, 15) is 0 Å². The molecule has 0 aromatic heterocycles. The number of rotatable bonds is 6. The van der Waals surface area contributed by atoms with Gasteiger partial charge in [-0.15, -0.1) is 0 Å². The summed E-state index contributed by atoms with van der Waals surface area (Å²) < 4.78 is 1.28. The van der Waals surface area contributed by atoms with Crippen LogP contribution in [0.15, 0.2) is 0 Å². The lowest BCUT2D eigenvalue weighted by Crippen LogP contribution is -2.18. The van der Waals surface area contributed by atoms with Gasteiger partial charge in [-0.3, -0.25) is 0 Å². The van der Waals surface area contributed by atoms with Crippen molar-refractivity contribution in [3.8, 4) is 0 Å². The fourth-order valence-corrected chi connectivity index (χ4v) is 1.17. The summed E-state index contributed by atoms with van der Waals surface area (Å²) in [5.74, 6) is 0.880. The van der Waals surface area contributed by atoms with Gasteiger partial charge in [0.15, 0.2) is 0 Å². The van der Waals surface area contributed by atoms with Crippen LogP contribution in [0.2, 0.25) is 0 Å². The lowest BCUT2D eigenvalue weighted by atomic mass is 10.1.